The van der Waals surface area contributed by atoms with Crippen molar-refractivity contribution in [3.8, 4) is 11.5 Å². The Bertz CT molecular complexity index is 1160. The second-order valence-corrected chi connectivity index (χ2v) is 7.85. The van der Waals surface area contributed by atoms with E-state index in [2.05, 4.69) is 25.6 Å². The molecule has 3 aromatic rings. The molecular weight excluding hydrogens is 466 g/mol. The van der Waals surface area contributed by atoms with E-state index in [0.717, 1.165) is 0 Å². The van der Waals surface area contributed by atoms with Gasteiger partial charge in [0.1, 0.15) is 11.5 Å². The maximum Gasteiger partial charge on any atom is 0.387 e. The molecule has 0 spiro atoms. The number of aromatic nitrogens is 2. The number of aliphatic carboxylic acids is 1. The molecule has 1 saturated carbocycles. The van der Waals surface area contributed by atoms with Gasteiger partial charge in [-0.15, -0.1) is 5.10 Å². The lowest BCUT2D eigenvalue weighted by Crippen LogP contribution is -2.27. The van der Waals surface area contributed by atoms with E-state index in [-0.39, 0.29) is 29.7 Å². The highest BCUT2D eigenvalue weighted by Gasteiger charge is 2.27. The quantitative estimate of drug-likeness (QED) is 0.392. The zero-order chi connectivity index (χ0) is 24.8. The molecule has 1 aliphatic carbocycles. The summed E-state index contributed by atoms with van der Waals surface area (Å²) in [6, 6.07) is 12.4. The van der Waals surface area contributed by atoms with Crippen LogP contribution in [0.3, 0.4) is 0 Å². The Morgan fingerprint density at radius 1 is 1.00 bits per heavy atom. The number of carbonyl (C=O) groups excluding carboxylic acids is 1. The molecule has 1 aromatic heterocycles. The van der Waals surface area contributed by atoms with Crippen molar-refractivity contribution < 1.29 is 37.4 Å². The number of hydrogen-bond acceptors (Lipinski definition) is 8. The van der Waals surface area contributed by atoms with Crippen LogP contribution in [-0.2, 0) is 4.79 Å². The van der Waals surface area contributed by atoms with Crippen molar-refractivity contribution in [1.29, 1.82) is 0 Å². The van der Waals surface area contributed by atoms with Crippen LogP contribution in [0.4, 0.5) is 26.2 Å². The summed E-state index contributed by atoms with van der Waals surface area (Å²) in [6.45, 7) is -2.96. The number of carbonyl (C=O) groups is 2. The maximum absolute atomic E-state index is 12.4. The van der Waals surface area contributed by atoms with E-state index in [0.29, 0.717) is 42.8 Å². The fraction of sp³-hybridized carbons (Fsp3) is 0.304. The van der Waals surface area contributed by atoms with Crippen LogP contribution >= 0.6 is 0 Å². The van der Waals surface area contributed by atoms with E-state index in [4.69, 9.17) is 14.3 Å². The van der Waals surface area contributed by atoms with Crippen molar-refractivity contribution in [2.24, 2.45) is 5.92 Å². The zero-order valence-electron chi connectivity index (χ0n) is 18.3. The number of halogens is 2. The van der Waals surface area contributed by atoms with Gasteiger partial charge in [0.25, 0.3) is 0 Å². The number of amides is 1. The van der Waals surface area contributed by atoms with E-state index in [1.807, 2.05) is 0 Å². The third-order valence-corrected chi connectivity index (χ3v) is 5.37. The first-order chi connectivity index (χ1) is 16.9. The highest BCUT2D eigenvalue weighted by atomic mass is 19.3. The Balaban J connectivity index is 1.29. The molecule has 10 nitrogen and oxygen atoms in total. The molecule has 3 N–H and O–H groups in total. The predicted octanol–water partition coefficient (Wildman–Crippen LogP) is 4.69. The summed E-state index contributed by atoms with van der Waals surface area (Å²) in [4.78, 5) is 23.5. The third kappa shape index (κ3) is 6.65. The highest BCUT2D eigenvalue weighted by molar-refractivity contribution is 6.00. The van der Waals surface area contributed by atoms with E-state index < -0.39 is 18.5 Å². The van der Waals surface area contributed by atoms with Gasteiger partial charge in [0.2, 0.25) is 0 Å². The number of carboxylic acid groups (broad SMARTS) is 1. The highest BCUT2D eigenvalue weighted by Crippen LogP contribution is 2.28. The number of ether oxygens (including phenoxy) is 2. The van der Waals surface area contributed by atoms with Gasteiger partial charge >= 0.3 is 30.4 Å². The monoisotopic (exact) mass is 488 g/mol. The molecule has 35 heavy (non-hydrogen) atoms. The fourth-order valence-electron chi connectivity index (χ4n) is 3.66. The van der Waals surface area contributed by atoms with Gasteiger partial charge in [-0.25, -0.2) is 0 Å². The lowest BCUT2D eigenvalue weighted by molar-refractivity contribution is -0.143. The van der Waals surface area contributed by atoms with Crippen LogP contribution < -0.4 is 20.1 Å². The molecule has 0 aliphatic heterocycles. The molecule has 1 amide bonds. The van der Waals surface area contributed by atoms with Crippen LogP contribution in [0.1, 0.15) is 36.4 Å². The molecule has 0 radical (unpaired) electrons. The number of anilines is 3. The molecule has 0 atom stereocenters. The number of benzene rings is 2. The van der Waals surface area contributed by atoms with Gasteiger partial charge in [0.05, 0.1) is 12.0 Å². The summed E-state index contributed by atoms with van der Waals surface area (Å²) >= 11 is 0. The standard InChI is InChI=1S/C23H22F2N4O6/c24-22(25)34-18-3-1-2-15(12-18)27-23-29-28-20(35-23)19(30)26-14-6-10-17(11-7-14)33-16-8-4-13(5-9-16)21(31)32/h1-3,6-7,10-13,16,22H,4-5,8-9H2,(H,26,30)(H,27,29)(H,31,32)/t13-,16+. The van der Waals surface area contributed by atoms with Crippen molar-refractivity contribution >= 4 is 29.3 Å². The number of nitrogens with one attached hydrogen (secondary N) is 2. The summed E-state index contributed by atoms with van der Waals surface area (Å²) in [6.07, 6.45) is 2.48. The molecule has 184 valence electrons. The Kier molecular flexibility index (Phi) is 7.38. The van der Waals surface area contributed by atoms with Crippen molar-refractivity contribution in [3.05, 3.63) is 54.4 Å². The number of nitrogens with zero attached hydrogens (tertiary/aromatic N) is 2. The van der Waals surface area contributed by atoms with Crippen LogP contribution in [0.25, 0.3) is 0 Å². The van der Waals surface area contributed by atoms with Crippen molar-refractivity contribution in [3.63, 3.8) is 0 Å². The second kappa shape index (κ2) is 10.8. The Labute approximate surface area is 198 Å². The van der Waals surface area contributed by atoms with Gasteiger partial charge in [-0.05, 0) is 62.1 Å². The molecule has 1 heterocycles. The lowest BCUT2D eigenvalue weighted by Gasteiger charge is -2.26. The first kappa shape index (κ1) is 23.9. The van der Waals surface area contributed by atoms with Crippen LogP contribution in [0.2, 0.25) is 0 Å². The van der Waals surface area contributed by atoms with Crippen LogP contribution in [0.5, 0.6) is 11.5 Å². The smallest absolute Gasteiger partial charge is 0.387 e. The van der Waals surface area contributed by atoms with Crippen molar-refractivity contribution in [1.82, 2.24) is 10.2 Å². The third-order valence-electron chi connectivity index (χ3n) is 5.37. The maximum atomic E-state index is 12.4. The molecule has 0 unspecified atom stereocenters. The minimum absolute atomic E-state index is 0.0435. The minimum Gasteiger partial charge on any atom is -0.490 e. The predicted molar refractivity (Wildman–Crippen MR) is 119 cm³/mol. The van der Waals surface area contributed by atoms with Crippen LogP contribution in [0.15, 0.2) is 52.9 Å². The summed E-state index contributed by atoms with van der Waals surface area (Å²) in [5.74, 6) is -1.45. The van der Waals surface area contributed by atoms with E-state index in [1.165, 1.54) is 18.2 Å². The SMILES string of the molecule is O=C(Nc1ccc(O[C@H]2CC[C@@H](C(=O)O)CC2)cc1)c1nnc(Nc2cccc(OC(F)F)c2)o1. The summed E-state index contributed by atoms with van der Waals surface area (Å²) < 4.78 is 40.3. The summed E-state index contributed by atoms with van der Waals surface area (Å²) in [5.41, 5.74) is 0.826. The number of alkyl halides is 2. The molecule has 1 fully saturated rings. The van der Waals surface area contributed by atoms with Crippen molar-refractivity contribution in [2.45, 2.75) is 38.4 Å². The minimum atomic E-state index is -2.96. The average molecular weight is 488 g/mol. The lowest BCUT2D eigenvalue weighted by atomic mass is 9.87. The zero-order valence-corrected chi connectivity index (χ0v) is 18.3. The van der Waals surface area contributed by atoms with Crippen molar-refractivity contribution in [2.75, 3.05) is 10.6 Å². The fourth-order valence-corrected chi connectivity index (χ4v) is 3.66. The molecule has 4 rings (SSSR count). The number of hydrogen-bond donors (Lipinski definition) is 3. The van der Waals surface area contributed by atoms with Gasteiger partial charge < -0.3 is 29.6 Å². The molecule has 0 saturated heterocycles. The van der Waals surface area contributed by atoms with Gasteiger partial charge in [0, 0.05) is 17.4 Å². The molecule has 2 aromatic carbocycles. The van der Waals surface area contributed by atoms with Crippen LogP contribution in [0, 0.1) is 5.92 Å². The molecular formula is C23H22F2N4O6. The summed E-state index contributed by atoms with van der Waals surface area (Å²) in [7, 11) is 0. The second-order valence-electron chi connectivity index (χ2n) is 7.85. The van der Waals surface area contributed by atoms with E-state index in [1.54, 1.807) is 30.3 Å². The Hall–Kier alpha value is -4.22. The number of rotatable bonds is 9. The molecule has 12 heteroatoms. The first-order valence-corrected chi connectivity index (χ1v) is 10.8. The first-order valence-electron chi connectivity index (χ1n) is 10.8. The van der Waals surface area contributed by atoms with E-state index >= 15 is 0 Å². The summed E-state index contributed by atoms with van der Waals surface area (Å²) in [5, 5.41) is 21.8. The topological polar surface area (TPSA) is 136 Å². The van der Waals surface area contributed by atoms with Gasteiger partial charge in [0.15, 0.2) is 0 Å². The van der Waals surface area contributed by atoms with Gasteiger partial charge in [-0.2, -0.15) is 8.78 Å². The largest absolute Gasteiger partial charge is 0.490 e. The van der Waals surface area contributed by atoms with Gasteiger partial charge in [-0.1, -0.05) is 11.2 Å². The van der Waals surface area contributed by atoms with E-state index in [9.17, 15) is 18.4 Å². The number of carboxylic acids is 1. The normalized spacial score (nSPS) is 17.6. The van der Waals surface area contributed by atoms with Crippen LogP contribution in [-0.4, -0.2) is 39.9 Å². The molecule has 0 bridgehead atoms. The Morgan fingerprint density at radius 3 is 2.43 bits per heavy atom. The average Bonchev–Trinajstić information content (AvgIpc) is 3.29. The Morgan fingerprint density at radius 2 is 1.74 bits per heavy atom. The van der Waals surface area contributed by atoms with Gasteiger partial charge in [-0.3, -0.25) is 9.59 Å². The molecule has 1 aliphatic rings.